The Morgan fingerprint density at radius 2 is 2.03 bits per heavy atom. The van der Waals surface area contributed by atoms with Gasteiger partial charge < -0.3 is 24.1 Å². The fourth-order valence-corrected chi connectivity index (χ4v) is 3.47. The van der Waals surface area contributed by atoms with Crippen LogP contribution in [0.3, 0.4) is 0 Å². The van der Waals surface area contributed by atoms with Crippen LogP contribution in [0.15, 0.2) is 52.7 Å². The number of likely N-dealkylation sites (tertiary alicyclic amines) is 1. The van der Waals surface area contributed by atoms with Gasteiger partial charge in [-0.15, -0.1) is 0 Å². The summed E-state index contributed by atoms with van der Waals surface area (Å²) in [6.07, 6.45) is 2.18. The van der Waals surface area contributed by atoms with Crippen molar-refractivity contribution in [2.45, 2.75) is 19.4 Å². The Kier molecular flexibility index (Phi) is 6.39. The van der Waals surface area contributed by atoms with Gasteiger partial charge in [-0.2, -0.15) is 0 Å². The van der Waals surface area contributed by atoms with E-state index in [9.17, 15) is 14.7 Å². The maximum atomic E-state index is 12.9. The summed E-state index contributed by atoms with van der Waals surface area (Å²) in [7, 11) is 3.90. The molecule has 1 saturated heterocycles. The van der Waals surface area contributed by atoms with Gasteiger partial charge in [0, 0.05) is 12.1 Å². The highest BCUT2D eigenvalue weighted by Gasteiger charge is 2.47. The predicted molar refractivity (Wildman–Crippen MR) is 108 cm³/mol. The summed E-state index contributed by atoms with van der Waals surface area (Å²) in [5.74, 6) is -0.562. The normalized spacial score (nSPS) is 18.6. The van der Waals surface area contributed by atoms with E-state index in [0.29, 0.717) is 36.6 Å². The molecule has 7 nitrogen and oxygen atoms in total. The van der Waals surface area contributed by atoms with Gasteiger partial charge in [0.1, 0.15) is 23.3 Å². The van der Waals surface area contributed by atoms with Gasteiger partial charge >= 0.3 is 0 Å². The largest absolute Gasteiger partial charge is 0.507 e. The molecule has 1 aromatic heterocycles. The first-order valence-electron chi connectivity index (χ1n) is 9.63. The highest BCUT2D eigenvalue weighted by Crippen LogP contribution is 2.39. The molecule has 1 aliphatic heterocycles. The highest BCUT2D eigenvalue weighted by molar-refractivity contribution is 6.46. The van der Waals surface area contributed by atoms with Crippen molar-refractivity contribution < 1.29 is 23.8 Å². The summed E-state index contributed by atoms with van der Waals surface area (Å²) in [5.41, 5.74) is 0.447. The number of carbonyl (C=O) groups is 2. The molecule has 3 rings (SSSR count). The Hall–Kier alpha value is -3.06. The van der Waals surface area contributed by atoms with E-state index in [2.05, 4.69) is 0 Å². The van der Waals surface area contributed by atoms with Crippen LogP contribution in [-0.4, -0.2) is 60.4 Å². The zero-order valence-corrected chi connectivity index (χ0v) is 16.9. The molecule has 0 aliphatic carbocycles. The Labute approximate surface area is 170 Å². The minimum absolute atomic E-state index is 0.0310. The first-order valence-corrected chi connectivity index (χ1v) is 9.63. The molecule has 1 atom stereocenters. The number of amides is 1. The van der Waals surface area contributed by atoms with Crippen LogP contribution >= 0.6 is 0 Å². The summed E-state index contributed by atoms with van der Waals surface area (Å²) in [5, 5.41) is 11.0. The molecule has 29 heavy (non-hydrogen) atoms. The number of rotatable bonds is 8. The molecular weight excluding hydrogens is 372 g/mol. The number of carbonyl (C=O) groups excluding carboxylic acids is 2. The van der Waals surface area contributed by atoms with Gasteiger partial charge in [0.2, 0.25) is 0 Å². The number of nitrogens with zero attached hydrogens (tertiary/aromatic N) is 2. The monoisotopic (exact) mass is 398 g/mol. The number of benzene rings is 1. The van der Waals surface area contributed by atoms with Crippen molar-refractivity contribution in [3.05, 3.63) is 59.6 Å². The molecule has 0 bridgehead atoms. The van der Waals surface area contributed by atoms with Gasteiger partial charge in [-0.3, -0.25) is 9.59 Å². The summed E-state index contributed by atoms with van der Waals surface area (Å²) < 4.78 is 11.0. The SMILES string of the molecule is CCOc1cccc(/C(O)=C2\C(=O)C(=O)N(CCCN(C)C)C2c2ccco2)c1. The standard InChI is InChI=1S/C22H26N2O5/c1-4-28-16-9-5-8-15(14-16)20(25)18-19(17-10-6-13-29-17)24(22(27)21(18)26)12-7-11-23(2)3/h5-6,8-10,13-14,19,25H,4,7,11-12H2,1-3H3/b20-18+. The Morgan fingerprint density at radius 3 is 2.69 bits per heavy atom. The van der Waals surface area contributed by atoms with Gasteiger partial charge in [0.25, 0.3) is 11.7 Å². The molecule has 7 heteroatoms. The van der Waals surface area contributed by atoms with Crippen LogP contribution in [0.4, 0.5) is 0 Å². The van der Waals surface area contributed by atoms with E-state index in [-0.39, 0.29) is 11.3 Å². The van der Waals surface area contributed by atoms with Crippen LogP contribution in [0.5, 0.6) is 5.75 Å². The summed E-state index contributed by atoms with van der Waals surface area (Å²) in [6, 6.07) is 9.47. The maximum Gasteiger partial charge on any atom is 0.295 e. The third-order valence-corrected chi connectivity index (χ3v) is 4.78. The smallest absolute Gasteiger partial charge is 0.295 e. The van der Waals surface area contributed by atoms with E-state index in [1.165, 1.54) is 11.2 Å². The Morgan fingerprint density at radius 1 is 1.24 bits per heavy atom. The maximum absolute atomic E-state index is 12.9. The summed E-state index contributed by atoms with van der Waals surface area (Å²) >= 11 is 0. The number of ether oxygens (including phenoxy) is 1. The molecule has 1 fully saturated rings. The second kappa shape index (κ2) is 8.96. The lowest BCUT2D eigenvalue weighted by Crippen LogP contribution is -2.32. The fourth-order valence-electron chi connectivity index (χ4n) is 3.47. The van der Waals surface area contributed by atoms with Crippen molar-refractivity contribution in [2.24, 2.45) is 0 Å². The lowest BCUT2D eigenvalue weighted by molar-refractivity contribution is -0.140. The van der Waals surface area contributed by atoms with Crippen LogP contribution < -0.4 is 4.74 Å². The number of hydrogen-bond acceptors (Lipinski definition) is 6. The molecule has 154 valence electrons. The molecule has 1 aromatic carbocycles. The quantitative estimate of drug-likeness (QED) is 0.418. The van der Waals surface area contributed by atoms with Gasteiger partial charge in [-0.25, -0.2) is 0 Å². The minimum atomic E-state index is -0.761. The number of Topliss-reactive ketones (excluding diaryl/α,β-unsaturated/α-hetero) is 1. The predicted octanol–water partition coefficient (Wildman–Crippen LogP) is 3.05. The van der Waals surface area contributed by atoms with Gasteiger partial charge in [0.05, 0.1) is 18.4 Å². The Balaban J connectivity index is 2.03. The second-order valence-corrected chi connectivity index (χ2v) is 7.13. The molecule has 2 aromatic rings. The lowest BCUT2D eigenvalue weighted by atomic mass is 9.99. The van der Waals surface area contributed by atoms with E-state index in [0.717, 1.165) is 6.54 Å². The van der Waals surface area contributed by atoms with E-state index >= 15 is 0 Å². The van der Waals surface area contributed by atoms with Crippen molar-refractivity contribution in [3.8, 4) is 5.75 Å². The van der Waals surface area contributed by atoms with E-state index in [4.69, 9.17) is 9.15 Å². The molecule has 2 heterocycles. The van der Waals surface area contributed by atoms with Gasteiger partial charge in [-0.05, 0) is 58.3 Å². The van der Waals surface area contributed by atoms with Crippen molar-refractivity contribution in [2.75, 3.05) is 33.8 Å². The number of aliphatic hydroxyl groups excluding tert-OH is 1. The third kappa shape index (κ3) is 4.35. The van der Waals surface area contributed by atoms with Crippen LogP contribution in [0, 0.1) is 0 Å². The lowest BCUT2D eigenvalue weighted by Gasteiger charge is -2.24. The second-order valence-electron chi connectivity index (χ2n) is 7.13. The average molecular weight is 398 g/mol. The van der Waals surface area contributed by atoms with Gasteiger partial charge in [-0.1, -0.05) is 12.1 Å². The van der Waals surface area contributed by atoms with Crippen LogP contribution in [-0.2, 0) is 9.59 Å². The number of ketones is 1. The van der Waals surface area contributed by atoms with E-state index < -0.39 is 17.7 Å². The van der Waals surface area contributed by atoms with Crippen molar-refractivity contribution in [1.29, 1.82) is 0 Å². The number of hydrogen-bond donors (Lipinski definition) is 1. The first-order chi connectivity index (χ1) is 13.9. The minimum Gasteiger partial charge on any atom is -0.507 e. The fraction of sp³-hybridized carbons (Fsp3) is 0.364. The van der Waals surface area contributed by atoms with Crippen LogP contribution in [0.25, 0.3) is 5.76 Å². The van der Waals surface area contributed by atoms with Crippen molar-refractivity contribution in [1.82, 2.24) is 9.80 Å². The van der Waals surface area contributed by atoms with Crippen LogP contribution in [0.1, 0.15) is 30.7 Å². The molecule has 1 unspecified atom stereocenters. The van der Waals surface area contributed by atoms with E-state index in [1.807, 2.05) is 25.9 Å². The average Bonchev–Trinajstić information content (AvgIpc) is 3.30. The van der Waals surface area contributed by atoms with E-state index in [1.54, 1.807) is 36.4 Å². The van der Waals surface area contributed by atoms with Crippen molar-refractivity contribution >= 4 is 17.4 Å². The highest BCUT2D eigenvalue weighted by atomic mass is 16.5. The molecule has 1 N–H and O–H groups in total. The van der Waals surface area contributed by atoms with Crippen molar-refractivity contribution in [3.63, 3.8) is 0 Å². The number of aliphatic hydroxyl groups is 1. The third-order valence-electron chi connectivity index (χ3n) is 4.78. The topological polar surface area (TPSA) is 83.2 Å². The first kappa shape index (κ1) is 20.7. The van der Waals surface area contributed by atoms with Gasteiger partial charge in [0.15, 0.2) is 0 Å². The zero-order chi connectivity index (χ0) is 21.0. The zero-order valence-electron chi connectivity index (χ0n) is 16.9. The molecule has 1 aliphatic rings. The molecular formula is C22H26N2O5. The molecule has 0 spiro atoms. The number of furan rings is 1. The molecule has 0 radical (unpaired) electrons. The molecule has 1 amide bonds. The summed E-state index contributed by atoms with van der Waals surface area (Å²) in [4.78, 5) is 29.1. The molecule has 0 saturated carbocycles. The van der Waals surface area contributed by atoms with Crippen LogP contribution in [0.2, 0.25) is 0 Å². The Bertz CT molecular complexity index is 902. The summed E-state index contributed by atoms with van der Waals surface area (Å²) in [6.45, 7) is 3.49.